The number of piperidine rings is 1. The molecule has 0 aromatic heterocycles. The SMILES string of the molecule is CCN1CCC(Nc2ccc(C)c(S(N)(=O)=O)c2)CC1. The quantitative estimate of drug-likeness (QED) is 0.884. The van der Waals surface area contributed by atoms with E-state index in [4.69, 9.17) is 5.14 Å². The lowest BCUT2D eigenvalue weighted by molar-refractivity contribution is 0.229. The molecule has 1 aromatic carbocycles. The molecular weight excluding hydrogens is 274 g/mol. The third kappa shape index (κ3) is 3.71. The maximum absolute atomic E-state index is 11.5. The smallest absolute Gasteiger partial charge is 0.238 e. The van der Waals surface area contributed by atoms with Crippen LogP contribution < -0.4 is 10.5 Å². The largest absolute Gasteiger partial charge is 0.382 e. The Balaban J connectivity index is 2.08. The molecule has 1 aliphatic rings. The molecule has 6 heteroatoms. The summed E-state index contributed by atoms with van der Waals surface area (Å²) in [5.74, 6) is 0. The van der Waals surface area contributed by atoms with Crippen LogP contribution in [0.2, 0.25) is 0 Å². The van der Waals surface area contributed by atoms with Crippen LogP contribution in [0.4, 0.5) is 5.69 Å². The number of aryl methyl sites for hydroxylation is 1. The van der Waals surface area contributed by atoms with Crippen LogP contribution in [0, 0.1) is 6.92 Å². The molecular formula is C14H23N3O2S. The number of anilines is 1. The molecule has 0 spiro atoms. The molecule has 0 unspecified atom stereocenters. The number of nitrogens with one attached hydrogen (secondary N) is 1. The van der Waals surface area contributed by atoms with E-state index < -0.39 is 10.0 Å². The summed E-state index contributed by atoms with van der Waals surface area (Å²) in [5.41, 5.74) is 1.51. The number of nitrogens with two attached hydrogens (primary N) is 1. The van der Waals surface area contributed by atoms with Crippen LogP contribution in [0.1, 0.15) is 25.3 Å². The Labute approximate surface area is 121 Å². The van der Waals surface area contributed by atoms with E-state index in [1.165, 1.54) is 0 Å². The molecule has 3 N–H and O–H groups in total. The van der Waals surface area contributed by atoms with Crippen molar-refractivity contribution in [3.05, 3.63) is 23.8 Å². The highest BCUT2D eigenvalue weighted by Crippen LogP contribution is 2.22. The van der Waals surface area contributed by atoms with Gasteiger partial charge in [0, 0.05) is 24.8 Å². The highest BCUT2D eigenvalue weighted by atomic mass is 32.2. The van der Waals surface area contributed by atoms with Gasteiger partial charge < -0.3 is 10.2 Å². The van der Waals surface area contributed by atoms with Crippen LogP contribution in [0.25, 0.3) is 0 Å². The second kappa shape index (κ2) is 6.11. The van der Waals surface area contributed by atoms with E-state index >= 15 is 0 Å². The number of benzene rings is 1. The first-order valence-corrected chi connectivity index (χ1v) is 8.57. The first-order chi connectivity index (χ1) is 9.40. The van der Waals surface area contributed by atoms with Crippen LogP contribution in [-0.4, -0.2) is 39.0 Å². The van der Waals surface area contributed by atoms with Gasteiger partial charge in [0.1, 0.15) is 0 Å². The molecule has 2 rings (SSSR count). The fourth-order valence-corrected chi connectivity index (χ4v) is 3.43. The molecule has 0 aliphatic carbocycles. The fraction of sp³-hybridized carbons (Fsp3) is 0.571. The molecule has 1 fully saturated rings. The topological polar surface area (TPSA) is 75.4 Å². The number of rotatable bonds is 4. The minimum Gasteiger partial charge on any atom is -0.382 e. The van der Waals surface area contributed by atoms with E-state index in [2.05, 4.69) is 17.1 Å². The van der Waals surface area contributed by atoms with Gasteiger partial charge >= 0.3 is 0 Å². The summed E-state index contributed by atoms with van der Waals surface area (Å²) >= 11 is 0. The molecule has 0 atom stereocenters. The van der Waals surface area contributed by atoms with Crippen molar-refractivity contribution >= 4 is 15.7 Å². The van der Waals surface area contributed by atoms with Crippen molar-refractivity contribution in [1.82, 2.24) is 4.90 Å². The van der Waals surface area contributed by atoms with Gasteiger partial charge in [-0.15, -0.1) is 0 Å². The lowest BCUT2D eigenvalue weighted by Crippen LogP contribution is -2.38. The van der Waals surface area contributed by atoms with Crippen molar-refractivity contribution in [3.63, 3.8) is 0 Å². The molecule has 1 saturated heterocycles. The number of sulfonamides is 1. The fourth-order valence-electron chi connectivity index (χ4n) is 2.63. The molecule has 112 valence electrons. The standard InChI is InChI=1S/C14H23N3O2S/c1-3-17-8-6-12(7-9-17)16-13-5-4-11(2)14(10-13)20(15,18)19/h4-5,10,12,16H,3,6-9H2,1-2H3,(H2,15,18,19). The highest BCUT2D eigenvalue weighted by Gasteiger charge is 2.19. The average Bonchev–Trinajstić information content (AvgIpc) is 2.40. The van der Waals surface area contributed by atoms with Gasteiger partial charge in [0.15, 0.2) is 0 Å². The summed E-state index contributed by atoms with van der Waals surface area (Å²) in [7, 11) is -3.66. The molecule has 0 saturated carbocycles. The zero-order chi connectivity index (χ0) is 14.8. The second-order valence-electron chi connectivity index (χ2n) is 5.38. The molecule has 1 heterocycles. The average molecular weight is 297 g/mol. The van der Waals surface area contributed by atoms with Gasteiger partial charge in [-0.05, 0) is 44.0 Å². The Morgan fingerprint density at radius 3 is 2.55 bits per heavy atom. The lowest BCUT2D eigenvalue weighted by atomic mass is 10.0. The first kappa shape index (κ1) is 15.3. The minimum absolute atomic E-state index is 0.202. The number of hydrogen-bond donors (Lipinski definition) is 2. The predicted octanol–water partition coefficient (Wildman–Crippen LogP) is 1.54. The van der Waals surface area contributed by atoms with E-state index in [0.29, 0.717) is 11.6 Å². The summed E-state index contributed by atoms with van der Waals surface area (Å²) < 4.78 is 23.0. The Kier molecular flexibility index (Phi) is 4.67. The Hall–Kier alpha value is -1.11. The monoisotopic (exact) mass is 297 g/mol. The van der Waals surface area contributed by atoms with Crippen LogP contribution in [0.5, 0.6) is 0 Å². The molecule has 1 aromatic rings. The molecule has 0 radical (unpaired) electrons. The first-order valence-electron chi connectivity index (χ1n) is 7.02. The van der Waals surface area contributed by atoms with Crippen molar-refractivity contribution in [2.45, 2.75) is 37.6 Å². The Bertz CT molecular complexity index is 564. The number of hydrogen-bond acceptors (Lipinski definition) is 4. The van der Waals surface area contributed by atoms with Gasteiger partial charge in [-0.2, -0.15) is 0 Å². The molecule has 0 amide bonds. The van der Waals surface area contributed by atoms with Gasteiger partial charge in [0.05, 0.1) is 4.90 Å². The van der Waals surface area contributed by atoms with Crippen molar-refractivity contribution in [2.24, 2.45) is 5.14 Å². The van der Waals surface area contributed by atoms with Gasteiger partial charge in [-0.1, -0.05) is 13.0 Å². The van der Waals surface area contributed by atoms with E-state index in [1.807, 2.05) is 6.07 Å². The number of primary sulfonamides is 1. The number of nitrogens with zero attached hydrogens (tertiary/aromatic N) is 1. The van der Waals surface area contributed by atoms with Gasteiger partial charge in [0.2, 0.25) is 10.0 Å². The van der Waals surface area contributed by atoms with Crippen LogP contribution in [0.15, 0.2) is 23.1 Å². The Morgan fingerprint density at radius 1 is 1.35 bits per heavy atom. The molecule has 5 nitrogen and oxygen atoms in total. The minimum atomic E-state index is -3.66. The van der Waals surface area contributed by atoms with Crippen molar-refractivity contribution in [2.75, 3.05) is 25.0 Å². The maximum Gasteiger partial charge on any atom is 0.238 e. The predicted molar refractivity (Wildman–Crippen MR) is 81.3 cm³/mol. The van der Waals surface area contributed by atoms with Gasteiger partial charge in [0.25, 0.3) is 0 Å². The van der Waals surface area contributed by atoms with E-state index in [9.17, 15) is 8.42 Å². The summed E-state index contributed by atoms with van der Waals surface area (Å²) in [6, 6.07) is 5.74. The highest BCUT2D eigenvalue weighted by molar-refractivity contribution is 7.89. The van der Waals surface area contributed by atoms with E-state index in [-0.39, 0.29) is 4.90 Å². The molecule has 0 bridgehead atoms. The van der Waals surface area contributed by atoms with Crippen LogP contribution in [0.3, 0.4) is 0 Å². The van der Waals surface area contributed by atoms with Crippen LogP contribution >= 0.6 is 0 Å². The summed E-state index contributed by atoms with van der Waals surface area (Å²) in [6.07, 6.45) is 2.15. The molecule has 20 heavy (non-hydrogen) atoms. The van der Waals surface area contributed by atoms with Gasteiger partial charge in [-0.25, -0.2) is 13.6 Å². The van der Waals surface area contributed by atoms with E-state index in [1.54, 1.807) is 19.1 Å². The van der Waals surface area contributed by atoms with Gasteiger partial charge in [-0.3, -0.25) is 0 Å². The summed E-state index contributed by atoms with van der Waals surface area (Å²) in [4.78, 5) is 2.62. The molecule has 1 aliphatic heterocycles. The van der Waals surface area contributed by atoms with Crippen molar-refractivity contribution in [3.8, 4) is 0 Å². The zero-order valence-electron chi connectivity index (χ0n) is 12.1. The van der Waals surface area contributed by atoms with E-state index in [0.717, 1.165) is 38.2 Å². The Morgan fingerprint density at radius 2 is 2.00 bits per heavy atom. The lowest BCUT2D eigenvalue weighted by Gasteiger charge is -2.32. The summed E-state index contributed by atoms with van der Waals surface area (Å²) in [5, 5.41) is 8.65. The number of likely N-dealkylation sites (tertiary alicyclic amines) is 1. The van der Waals surface area contributed by atoms with Crippen molar-refractivity contribution in [1.29, 1.82) is 0 Å². The van der Waals surface area contributed by atoms with Crippen molar-refractivity contribution < 1.29 is 8.42 Å². The van der Waals surface area contributed by atoms with Crippen LogP contribution in [-0.2, 0) is 10.0 Å². The maximum atomic E-state index is 11.5. The summed E-state index contributed by atoms with van der Waals surface area (Å²) in [6.45, 7) is 7.19. The third-order valence-electron chi connectivity index (χ3n) is 3.90. The third-order valence-corrected chi connectivity index (χ3v) is 4.95. The normalized spacial score (nSPS) is 18.1. The zero-order valence-corrected chi connectivity index (χ0v) is 12.9. The second-order valence-corrected chi connectivity index (χ2v) is 6.91.